The Bertz CT molecular complexity index is 402. The first-order valence-electron chi connectivity index (χ1n) is 6.79. The van der Waals surface area contributed by atoms with Crippen LogP contribution in [0.15, 0.2) is 60.7 Å². The van der Waals surface area contributed by atoms with Crippen molar-refractivity contribution in [1.29, 1.82) is 0 Å². The molecule has 1 saturated heterocycles. The molecule has 0 N–H and O–H groups in total. The Labute approximate surface area is 126 Å². The van der Waals surface area contributed by atoms with Crippen LogP contribution in [0.4, 0.5) is 5.69 Å². The van der Waals surface area contributed by atoms with Crippen LogP contribution in [0.2, 0.25) is 0 Å². The van der Waals surface area contributed by atoms with Crippen molar-refractivity contribution in [2.75, 3.05) is 13.2 Å². The summed E-state index contributed by atoms with van der Waals surface area (Å²) < 4.78 is 4.94. The minimum absolute atomic E-state index is 0. The summed E-state index contributed by atoms with van der Waals surface area (Å²) in [7, 11) is 0. The van der Waals surface area contributed by atoms with E-state index in [4.69, 9.17) is 4.74 Å². The van der Waals surface area contributed by atoms with Crippen molar-refractivity contribution in [3.63, 3.8) is 0 Å². The van der Waals surface area contributed by atoms with E-state index in [1.165, 1.54) is 18.4 Å². The molecule has 20 heavy (non-hydrogen) atoms. The van der Waals surface area contributed by atoms with Gasteiger partial charge in [-0.1, -0.05) is 66.2 Å². The molecule has 0 unspecified atom stereocenters. The number of nitrogens with zero attached hydrogens (tertiary/aromatic N) is 1. The van der Waals surface area contributed by atoms with Crippen molar-refractivity contribution in [2.24, 2.45) is 0 Å². The molecule has 0 aromatic heterocycles. The van der Waals surface area contributed by atoms with Gasteiger partial charge in [-0.15, -0.1) is 12.2 Å². The average molecular weight is 264 g/mol. The zero-order valence-corrected chi connectivity index (χ0v) is 11.9. The van der Waals surface area contributed by atoms with E-state index in [1.54, 1.807) is 0 Å². The zero-order valence-electron chi connectivity index (χ0n) is 12.9. The van der Waals surface area contributed by atoms with Gasteiger partial charge in [-0.25, -0.2) is 0 Å². The predicted molar refractivity (Wildman–Crippen MR) is 86.5 cm³/mol. The molecule has 0 aliphatic carbocycles. The maximum atomic E-state index is 4.94. The number of ether oxygens (including phenoxy) is 1. The minimum Gasteiger partial charge on any atom is -1.00 e. The van der Waals surface area contributed by atoms with Gasteiger partial charge in [0, 0.05) is 13.2 Å². The summed E-state index contributed by atoms with van der Waals surface area (Å²) >= 11 is 0. The fraction of sp³-hybridized carbons (Fsp3) is 0.294. The predicted octanol–water partition coefficient (Wildman–Crippen LogP) is 4.42. The van der Waals surface area contributed by atoms with Gasteiger partial charge in [0.2, 0.25) is 0 Å². The van der Waals surface area contributed by atoms with Crippen LogP contribution in [0.1, 0.15) is 19.8 Å². The summed E-state index contributed by atoms with van der Waals surface area (Å²) in [5, 5.41) is 4.48. The SMILES string of the molecule is C1CCOC1.[Be+2].[H-].c1ccc(C[N-]c2ccccc2)cc1. The van der Waals surface area contributed by atoms with Gasteiger partial charge < -0.3 is 11.5 Å². The van der Waals surface area contributed by atoms with Crippen molar-refractivity contribution in [1.82, 2.24) is 0 Å². The van der Waals surface area contributed by atoms with E-state index in [2.05, 4.69) is 17.4 Å². The summed E-state index contributed by atoms with van der Waals surface area (Å²) in [4.78, 5) is 0. The van der Waals surface area contributed by atoms with Crippen LogP contribution in [-0.2, 0) is 11.3 Å². The minimum atomic E-state index is 0. The first kappa shape index (κ1) is 16.4. The van der Waals surface area contributed by atoms with E-state index in [9.17, 15) is 0 Å². The quantitative estimate of drug-likeness (QED) is 0.753. The molecule has 0 spiro atoms. The molecule has 102 valence electrons. The summed E-state index contributed by atoms with van der Waals surface area (Å²) in [6.07, 6.45) is 2.56. The Kier molecular flexibility index (Phi) is 8.37. The van der Waals surface area contributed by atoms with E-state index >= 15 is 0 Å². The van der Waals surface area contributed by atoms with Gasteiger partial charge in [-0.05, 0) is 12.8 Å². The second-order valence-electron chi connectivity index (χ2n) is 4.46. The molecule has 2 nitrogen and oxygen atoms in total. The molecule has 1 aliphatic rings. The fourth-order valence-corrected chi connectivity index (χ4v) is 1.81. The third kappa shape index (κ3) is 6.51. The summed E-state index contributed by atoms with van der Waals surface area (Å²) in [6.45, 7) is 2.75. The number of benzene rings is 2. The van der Waals surface area contributed by atoms with E-state index in [0.29, 0.717) is 0 Å². The van der Waals surface area contributed by atoms with Crippen LogP contribution in [0, 0.1) is 0 Å². The Morgan fingerprint density at radius 1 is 0.850 bits per heavy atom. The van der Waals surface area contributed by atoms with Gasteiger partial charge in [0.1, 0.15) is 0 Å². The first-order chi connectivity index (χ1) is 9.45. The van der Waals surface area contributed by atoms with Crippen LogP contribution in [0.25, 0.3) is 5.32 Å². The maximum Gasteiger partial charge on any atom is 2.00 e. The Balaban J connectivity index is 0.000000491. The topological polar surface area (TPSA) is 23.3 Å². The van der Waals surface area contributed by atoms with Gasteiger partial charge in [0.05, 0.1) is 0 Å². The van der Waals surface area contributed by atoms with Crippen molar-refractivity contribution in [3.05, 3.63) is 71.5 Å². The van der Waals surface area contributed by atoms with Crippen molar-refractivity contribution < 1.29 is 6.16 Å². The summed E-state index contributed by atoms with van der Waals surface area (Å²) in [6, 6.07) is 20.3. The van der Waals surface area contributed by atoms with Crippen LogP contribution in [0.3, 0.4) is 0 Å². The van der Waals surface area contributed by atoms with E-state index in [-0.39, 0.29) is 11.5 Å². The third-order valence-electron chi connectivity index (χ3n) is 2.87. The van der Waals surface area contributed by atoms with Gasteiger partial charge >= 0.3 is 10.1 Å². The largest absolute Gasteiger partial charge is 2.00 e. The number of hydrogen-bond acceptors (Lipinski definition) is 1. The molecule has 0 atom stereocenters. The smallest absolute Gasteiger partial charge is 1.00 e. The Morgan fingerprint density at radius 3 is 1.90 bits per heavy atom. The molecule has 0 radical (unpaired) electrons. The van der Waals surface area contributed by atoms with Gasteiger partial charge in [0.25, 0.3) is 0 Å². The molecule has 1 aliphatic heterocycles. The second kappa shape index (κ2) is 10.2. The van der Waals surface area contributed by atoms with Crippen molar-refractivity contribution in [3.8, 4) is 0 Å². The molecule has 2 aromatic carbocycles. The standard InChI is InChI=1S/C13H12N.C4H8O.Be.H/c1-3-7-12(8-4-1)11-14-13-9-5-2-6-10-13;1-2-4-5-3-1;;/h1-10H,11H2;1-4H2;;/q-1;;+2;-1. The molecular formula is C17H21BeNO. The number of rotatable bonds is 3. The van der Waals surface area contributed by atoms with Crippen LogP contribution in [-0.4, -0.2) is 23.3 Å². The number of para-hydroxylation sites is 1. The molecular weight excluding hydrogens is 243 g/mol. The number of hydrogen-bond donors (Lipinski definition) is 0. The van der Waals surface area contributed by atoms with E-state index < -0.39 is 0 Å². The molecule has 3 rings (SSSR count). The Hall–Kier alpha value is -1.63. The van der Waals surface area contributed by atoms with Crippen molar-refractivity contribution >= 4 is 15.8 Å². The Morgan fingerprint density at radius 2 is 1.40 bits per heavy atom. The van der Waals surface area contributed by atoms with Crippen LogP contribution >= 0.6 is 0 Å². The van der Waals surface area contributed by atoms with E-state index in [0.717, 1.165) is 25.4 Å². The molecule has 0 saturated carbocycles. The normalized spacial score (nSPS) is 12.8. The molecule has 0 bridgehead atoms. The molecule has 3 heteroatoms. The monoisotopic (exact) mass is 264 g/mol. The second-order valence-corrected chi connectivity index (χ2v) is 4.46. The van der Waals surface area contributed by atoms with Crippen LogP contribution in [0.5, 0.6) is 0 Å². The first-order valence-corrected chi connectivity index (χ1v) is 6.79. The van der Waals surface area contributed by atoms with Crippen molar-refractivity contribution in [2.45, 2.75) is 19.4 Å². The fourth-order valence-electron chi connectivity index (χ4n) is 1.81. The average Bonchev–Trinajstić information content (AvgIpc) is 3.07. The molecule has 1 heterocycles. The summed E-state index contributed by atoms with van der Waals surface area (Å²) in [5.74, 6) is 0. The zero-order chi connectivity index (χ0) is 13.2. The molecule has 1 fully saturated rings. The maximum absolute atomic E-state index is 4.94. The summed E-state index contributed by atoms with van der Waals surface area (Å²) in [5.41, 5.74) is 2.28. The third-order valence-corrected chi connectivity index (χ3v) is 2.87. The molecule has 2 aromatic rings. The van der Waals surface area contributed by atoms with Gasteiger partial charge in [-0.3, -0.25) is 0 Å². The van der Waals surface area contributed by atoms with Gasteiger partial charge in [-0.2, -0.15) is 0 Å². The van der Waals surface area contributed by atoms with E-state index in [1.807, 2.05) is 48.5 Å². The van der Waals surface area contributed by atoms with Crippen LogP contribution < -0.4 is 0 Å². The molecule has 0 amide bonds. The van der Waals surface area contributed by atoms with Gasteiger partial charge in [0.15, 0.2) is 0 Å².